The lowest BCUT2D eigenvalue weighted by Crippen LogP contribution is -2.05. The molecule has 1 rings (SSSR count). The Morgan fingerprint density at radius 2 is 2.05 bits per heavy atom. The molecule has 0 bridgehead atoms. The minimum atomic E-state index is -0.471. The lowest BCUT2D eigenvalue weighted by atomic mass is 10.2. The molecule has 0 atom stereocenters. The maximum atomic E-state index is 10.7. The first-order valence-corrected chi connectivity index (χ1v) is 6.54. The van der Waals surface area contributed by atoms with Gasteiger partial charge in [0, 0.05) is 6.08 Å². The minimum absolute atomic E-state index is 0.471. The minimum Gasteiger partial charge on any atom is -0.490 e. The average molecular weight is 263 g/mol. The van der Waals surface area contributed by atoms with Gasteiger partial charge in [0.25, 0.3) is 0 Å². The molecule has 19 heavy (non-hydrogen) atoms. The van der Waals surface area contributed by atoms with Crippen molar-refractivity contribution in [3.05, 3.63) is 29.8 Å². The van der Waals surface area contributed by atoms with Gasteiger partial charge in [0.1, 0.15) is 0 Å². The van der Waals surface area contributed by atoms with Gasteiger partial charge in [0.2, 0.25) is 5.91 Å². The molecular weight excluding hydrogens is 242 g/mol. The van der Waals surface area contributed by atoms with E-state index in [1.807, 2.05) is 25.1 Å². The summed E-state index contributed by atoms with van der Waals surface area (Å²) in [5.74, 6) is 0.943. The van der Waals surface area contributed by atoms with Gasteiger partial charge in [0.05, 0.1) is 13.2 Å². The molecule has 0 radical (unpaired) electrons. The Kier molecular flexibility index (Phi) is 6.50. The van der Waals surface area contributed by atoms with Gasteiger partial charge < -0.3 is 15.2 Å². The van der Waals surface area contributed by atoms with Crippen molar-refractivity contribution in [2.75, 3.05) is 13.2 Å². The second kappa shape index (κ2) is 8.19. The molecule has 0 aliphatic heterocycles. The van der Waals surface area contributed by atoms with Crippen molar-refractivity contribution in [2.24, 2.45) is 5.73 Å². The van der Waals surface area contributed by atoms with E-state index in [-0.39, 0.29) is 0 Å². The molecule has 1 aromatic carbocycles. The molecule has 0 saturated carbocycles. The summed E-state index contributed by atoms with van der Waals surface area (Å²) in [6.45, 7) is 5.27. The molecular formula is C15H21NO3. The monoisotopic (exact) mass is 263 g/mol. The van der Waals surface area contributed by atoms with Gasteiger partial charge in [-0.15, -0.1) is 0 Å². The van der Waals surface area contributed by atoms with Crippen molar-refractivity contribution in [1.29, 1.82) is 0 Å². The van der Waals surface area contributed by atoms with Gasteiger partial charge in [-0.05, 0) is 37.1 Å². The SMILES string of the molecule is CCCCOc1ccc(/C=C\C(N)=O)cc1OCC. The van der Waals surface area contributed by atoms with Crippen molar-refractivity contribution in [3.8, 4) is 11.5 Å². The summed E-state index contributed by atoms with van der Waals surface area (Å²) in [5.41, 5.74) is 5.92. The lowest BCUT2D eigenvalue weighted by molar-refractivity contribution is -0.113. The third-order valence-corrected chi connectivity index (χ3v) is 2.46. The van der Waals surface area contributed by atoms with Crippen LogP contribution < -0.4 is 15.2 Å². The molecule has 0 aliphatic rings. The number of hydrogen-bond donors (Lipinski definition) is 1. The predicted molar refractivity (Wildman–Crippen MR) is 76.2 cm³/mol. The summed E-state index contributed by atoms with van der Waals surface area (Å²) in [7, 11) is 0. The number of carbonyl (C=O) groups is 1. The Labute approximate surface area is 114 Å². The van der Waals surface area contributed by atoms with E-state index in [4.69, 9.17) is 15.2 Å². The molecule has 0 aromatic heterocycles. The van der Waals surface area contributed by atoms with E-state index in [1.54, 1.807) is 6.08 Å². The van der Waals surface area contributed by atoms with Crippen LogP contribution in [-0.4, -0.2) is 19.1 Å². The van der Waals surface area contributed by atoms with Gasteiger partial charge in [-0.3, -0.25) is 4.79 Å². The second-order valence-corrected chi connectivity index (χ2v) is 4.08. The van der Waals surface area contributed by atoms with E-state index in [2.05, 4.69) is 6.92 Å². The molecule has 4 heteroatoms. The summed E-state index contributed by atoms with van der Waals surface area (Å²) >= 11 is 0. The van der Waals surface area contributed by atoms with E-state index >= 15 is 0 Å². The van der Waals surface area contributed by atoms with Crippen molar-refractivity contribution in [3.63, 3.8) is 0 Å². The first kappa shape index (κ1) is 15.1. The zero-order valence-corrected chi connectivity index (χ0v) is 11.5. The van der Waals surface area contributed by atoms with Crippen molar-refractivity contribution < 1.29 is 14.3 Å². The molecule has 0 spiro atoms. The fourth-order valence-corrected chi connectivity index (χ4v) is 1.52. The number of ether oxygens (including phenoxy) is 2. The first-order valence-electron chi connectivity index (χ1n) is 6.54. The molecule has 1 amide bonds. The summed E-state index contributed by atoms with van der Waals surface area (Å²) in [4.78, 5) is 10.7. The highest BCUT2D eigenvalue weighted by molar-refractivity contribution is 5.90. The van der Waals surface area contributed by atoms with Crippen LogP contribution in [-0.2, 0) is 4.79 Å². The highest BCUT2D eigenvalue weighted by Crippen LogP contribution is 2.29. The van der Waals surface area contributed by atoms with Crippen molar-refractivity contribution in [1.82, 2.24) is 0 Å². The molecule has 0 heterocycles. The molecule has 2 N–H and O–H groups in total. The van der Waals surface area contributed by atoms with Crippen LogP contribution >= 0.6 is 0 Å². The Morgan fingerprint density at radius 1 is 1.26 bits per heavy atom. The van der Waals surface area contributed by atoms with Crippen molar-refractivity contribution in [2.45, 2.75) is 26.7 Å². The summed E-state index contributed by atoms with van der Waals surface area (Å²) in [6, 6.07) is 5.55. The standard InChI is InChI=1S/C15H21NO3/c1-3-5-10-19-13-8-6-12(7-9-15(16)17)11-14(13)18-4-2/h6-9,11H,3-5,10H2,1-2H3,(H2,16,17)/b9-7-. The van der Waals surface area contributed by atoms with E-state index in [9.17, 15) is 4.79 Å². The van der Waals surface area contributed by atoms with E-state index < -0.39 is 5.91 Å². The highest BCUT2D eigenvalue weighted by Gasteiger charge is 2.05. The zero-order chi connectivity index (χ0) is 14.1. The van der Waals surface area contributed by atoms with Crippen LogP contribution in [0.5, 0.6) is 11.5 Å². The lowest BCUT2D eigenvalue weighted by Gasteiger charge is -2.12. The highest BCUT2D eigenvalue weighted by atomic mass is 16.5. The Balaban J connectivity index is 2.84. The number of hydrogen-bond acceptors (Lipinski definition) is 3. The molecule has 0 saturated heterocycles. The van der Waals surface area contributed by atoms with E-state index in [1.165, 1.54) is 6.08 Å². The fourth-order valence-electron chi connectivity index (χ4n) is 1.52. The first-order chi connectivity index (χ1) is 9.17. The number of primary amides is 1. The number of unbranched alkanes of at least 4 members (excludes halogenated alkanes) is 1. The summed E-state index contributed by atoms with van der Waals surface area (Å²) in [6.07, 6.45) is 5.07. The van der Waals surface area contributed by atoms with Gasteiger partial charge in [-0.1, -0.05) is 19.4 Å². The number of nitrogens with two attached hydrogens (primary N) is 1. The van der Waals surface area contributed by atoms with E-state index in [0.29, 0.717) is 19.0 Å². The van der Waals surface area contributed by atoms with Crippen LogP contribution in [0.3, 0.4) is 0 Å². The smallest absolute Gasteiger partial charge is 0.241 e. The summed E-state index contributed by atoms with van der Waals surface area (Å²) in [5, 5.41) is 0. The Morgan fingerprint density at radius 3 is 2.68 bits per heavy atom. The number of benzene rings is 1. The second-order valence-electron chi connectivity index (χ2n) is 4.08. The third-order valence-electron chi connectivity index (χ3n) is 2.46. The predicted octanol–water partition coefficient (Wildman–Crippen LogP) is 2.76. The van der Waals surface area contributed by atoms with Crippen LogP contribution in [0.4, 0.5) is 0 Å². The van der Waals surface area contributed by atoms with Gasteiger partial charge >= 0.3 is 0 Å². The van der Waals surface area contributed by atoms with E-state index in [0.717, 1.165) is 24.2 Å². The Hall–Kier alpha value is -1.97. The maximum Gasteiger partial charge on any atom is 0.241 e. The fraction of sp³-hybridized carbons (Fsp3) is 0.400. The molecule has 0 fully saturated rings. The van der Waals surface area contributed by atoms with Gasteiger partial charge in [-0.25, -0.2) is 0 Å². The number of rotatable bonds is 8. The maximum absolute atomic E-state index is 10.7. The molecule has 104 valence electrons. The topological polar surface area (TPSA) is 61.5 Å². The molecule has 0 unspecified atom stereocenters. The number of amides is 1. The zero-order valence-electron chi connectivity index (χ0n) is 11.5. The summed E-state index contributed by atoms with van der Waals surface area (Å²) < 4.78 is 11.2. The number of carbonyl (C=O) groups excluding carboxylic acids is 1. The molecule has 1 aromatic rings. The molecule has 0 aliphatic carbocycles. The van der Waals surface area contributed by atoms with Gasteiger partial charge in [0.15, 0.2) is 11.5 Å². The van der Waals surface area contributed by atoms with Gasteiger partial charge in [-0.2, -0.15) is 0 Å². The van der Waals surface area contributed by atoms with Crippen LogP contribution in [0.1, 0.15) is 32.3 Å². The largest absolute Gasteiger partial charge is 0.490 e. The third kappa shape index (κ3) is 5.46. The average Bonchev–Trinajstić information content (AvgIpc) is 2.39. The quantitative estimate of drug-likeness (QED) is 0.579. The normalized spacial score (nSPS) is 10.6. The van der Waals surface area contributed by atoms with Crippen LogP contribution in [0.15, 0.2) is 24.3 Å². The van der Waals surface area contributed by atoms with Crippen molar-refractivity contribution >= 4 is 12.0 Å². The van der Waals surface area contributed by atoms with Crippen LogP contribution in [0, 0.1) is 0 Å². The molecule has 4 nitrogen and oxygen atoms in total. The van der Waals surface area contributed by atoms with Crippen LogP contribution in [0.2, 0.25) is 0 Å². The van der Waals surface area contributed by atoms with Crippen LogP contribution in [0.25, 0.3) is 6.08 Å². The Bertz CT molecular complexity index is 441.